The van der Waals surface area contributed by atoms with Crippen LogP contribution in [0.25, 0.3) is 0 Å². The molecule has 7 nitrogen and oxygen atoms in total. The fourth-order valence-electron chi connectivity index (χ4n) is 2.52. The van der Waals surface area contributed by atoms with Crippen molar-refractivity contribution < 1.29 is 17.6 Å². The van der Waals surface area contributed by atoms with E-state index in [1.807, 2.05) is 0 Å². The van der Waals surface area contributed by atoms with Crippen LogP contribution in [0.1, 0.15) is 36.2 Å². The predicted octanol–water partition coefficient (Wildman–Crippen LogP) is 3.55. The normalized spacial score (nSPS) is 15.0. The van der Waals surface area contributed by atoms with Crippen LogP contribution >= 0.6 is 15.9 Å². The molecule has 0 radical (unpaired) electrons. The van der Waals surface area contributed by atoms with Gasteiger partial charge in [0.1, 0.15) is 5.84 Å². The van der Waals surface area contributed by atoms with Crippen molar-refractivity contribution in [2.45, 2.75) is 30.6 Å². The van der Waals surface area contributed by atoms with Crippen molar-refractivity contribution in [2.75, 3.05) is 11.9 Å². The van der Waals surface area contributed by atoms with Gasteiger partial charge in [-0.3, -0.25) is 14.5 Å². The molecule has 9 heteroatoms. The molecule has 0 saturated carbocycles. The lowest BCUT2D eigenvalue weighted by Crippen LogP contribution is -2.30. The lowest BCUT2D eigenvalue weighted by atomic mass is 10.2. The fourth-order valence-corrected chi connectivity index (χ4v) is 3.91. The van der Waals surface area contributed by atoms with Gasteiger partial charge < -0.3 is 9.73 Å². The van der Waals surface area contributed by atoms with Gasteiger partial charge in [-0.15, -0.1) is 0 Å². The molecule has 1 aliphatic heterocycles. The monoisotopic (exact) mass is 439 g/mol. The van der Waals surface area contributed by atoms with Crippen LogP contribution in [0.3, 0.4) is 0 Å². The molecule has 1 aliphatic rings. The van der Waals surface area contributed by atoms with Gasteiger partial charge in [-0.2, -0.15) is 0 Å². The van der Waals surface area contributed by atoms with Crippen LogP contribution < -0.4 is 10.0 Å². The van der Waals surface area contributed by atoms with Gasteiger partial charge in [0.25, 0.3) is 15.9 Å². The number of halogens is 1. The Hall–Kier alpha value is -2.13. The second kappa shape index (κ2) is 8.05. The third-order valence-corrected chi connectivity index (χ3v) is 5.67. The average Bonchev–Trinajstić information content (AvgIpc) is 2.88. The van der Waals surface area contributed by atoms with Crippen molar-refractivity contribution in [3.63, 3.8) is 0 Å². The molecule has 0 atom stereocenters. The zero-order valence-electron chi connectivity index (χ0n) is 13.9. The Morgan fingerprint density at radius 1 is 1.08 bits per heavy atom. The third-order valence-electron chi connectivity index (χ3n) is 3.85. The van der Waals surface area contributed by atoms with Gasteiger partial charge in [-0.25, -0.2) is 8.42 Å². The number of nitrogens with zero attached hydrogens (tertiary/aromatic N) is 1. The summed E-state index contributed by atoms with van der Waals surface area (Å²) >= 11 is 3.13. The van der Waals surface area contributed by atoms with Crippen LogP contribution in [0.4, 0.5) is 5.69 Å². The zero-order valence-corrected chi connectivity index (χ0v) is 16.3. The first-order chi connectivity index (χ1) is 12.4. The van der Waals surface area contributed by atoms with Crippen molar-refractivity contribution in [3.8, 4) is 0 Å². The first-order valence-electron chi connectivity index (χ1n) is 8.17. The Kier molecular flexibility index (Phi) is 5.77. The topological polar surface area (TPSA) is 101 Å². The second-order valence-corrected chi connectivity index (χ2v) is 8.29. The number of rotatable bonds is 4. The molecule has 2 heterocycles. The summed E-state index contributed by atoms with van der Waals surface area (Å²) in [5.74, 6) is 0.238. The molecule has 2 aromatic rings. The van der Waals surface area contributed by atoms with Crippen LogP contribution in [0.5, 0.6) is 0 Å². The van der Waals surface area contributed by atoms with Gasteiger partial charge in [-0.05, 0) is 65.2 Å². The van der Waals surface area contributed by atoms with Gasteiger partial charge >= 0.3 is 0 Å². The summed E-state index contributed by atoms with van der Waals surface area (Å²) in [6.07, 6.45) is 3.59. The molecule has 26 heavy (non-hydrogen) atoms. The fraction of sp³-hybridized carbons (Fsp3) is 0.294. The number of anilines is 1. The Balaban J connectivity index is 1.68. The standard InChI is InChI=1S/C17H18BrN3O4S/c18-15-10-9-14(25-15)17(22)20-12-5-7-13(8-6-12)26(23,24)21-16-4-2-1-3-11-19-16/h5-10H,1-4,11H2,(H,19,21)(H,20,22). The van der Waals surface area contributed by atoms with Crippen molar-refractivity contribution >= 4 is 43.4 Å². The van der Waals surface area contributed by atoms with Gasteiger partial charge in [0.2, 0.25) is 0 Å². The third kappa shape index (κ3) is 4.73. The molecule has 0 saturated heterocycles. The number of nitrogens with one attached hydrogen (secondary N) is 2. The van der Waals surface area contributed by atoms with Crippen LogP contribution in [0.2, 0.25) is 0 Å². The number of sulfonamides is 1. The minimum atomic E-state index is -3.69. The second-order valence-electron chi connectivity index (χ2n) is 5.83. The smallest absolute Gasteiger partial charge is 0.291 e. The van der Waals surface area contributed by atoms with Gasteiger partial charge in [0.05, 0.1) is 4.90 Å². The van der Waals surface area contributed by atoms with E-state index < -0.39 is 15.9 Å². The maximum atomic E-state index is 12.5. The van der Waals surface area contributed by atoms with E-state index in [0.29, 0.717) is 29.2 Å². The average molecular weight is 440 g/mol. The molecule has 1 aromatic heterocycles. The highest BCUT2D eigenvalue weighted by Crippen LogP contribution is 2.18. The zero-order chi connectivity index (χ0) is 18.6. The van der Waals surface area contributed by atoms with E-state index in [9.17, 15) is 13.2 Å². The molecular weight excluding hydrogens is 422 g/mol. The molecule has 1 amide bonds. The van der Waals surface area contributed by atoms with E-state index in [1.165, 1.54) is 30.3 Å². The maximum Gasteiger partial charge on any atom is 0.291 e. The lowest BCUT2D eigenvalue weighted by Gasteiger charge is -2.10. The summed E-state index contributed by atoms with van der Waals surface area (Å²) in [7, 11) is -3.69. The minimum absolute atomic E-state index is 0.114. The molecule has 0 spiro atoms. The number of benzene rings is 1. The number of furan rings is 1. The number of aliphatic imine (C=N–C) groups is 1. The van der Waals surface area contributed by atoms with Gasteiger partial charge in [0, 0.05) is 18.7 Å². The molecule has 0 unspecified atom stereocenters. The van der Waals surface area contributed by atoms with Gasteiger partial charge in [0.15, 0.2) is 10.4 Å². The number of hydrogen-bond donors (Lipinski definition) is 2. The number of amides is 1. The Morgan fingerprint density at radius 3 is 2.54 bits per heavy atom. The largest absolute Gasteiger partial charge is 0.444 e. The van der Waals surface area contributed by atoms with E-state index in [2.05, 4.69) is 31.0 Å². The van der Waals surface area contributed by atoms with Crippen molar-refractivity contribution in [1.29, 1.82) is 0 Å². The number of carbonyl (C=O) groups excluding carboxylic acids is 1. The predicted molar refractivity (Wildman–Crippen MR) is 102 cm³/mol. The van der Waals surface area contributed by atoms with Crippen LogP contribution in [0, 0.1) is 0 Å². The highest BCUT2D eigenvalue weighted by Gasteiger charge is 2.17. The molecule has 1 aromatic carbocycles. The highest BCUT2D eigenvalue weighted by molar-refractivity contribution is 9.10. The first kappa shape index (κ1) is 18.7. The van der Waals surface area contributed by atoms with E-state index in [-0.39, 0.29) is 10.7 Å². The summed E-state index contributed by atoms with van der Waals surface area (Å²) in [6, 6.07) is 9.08. The molecular formula is C17H18BrN3O4S. The summed E-state index contributed by atoms with van der Waals surface area (Å²) in [5.41, 5.74) is 0.466. The molecule has 138 valence electrons. The van der Waals surface area contributed by atoms with E-state index in [4.69, 9.17) is 4.42 Å². The molecule has 0 aliphatic carbocycles. The molecule has 2 N–H and O–H groups in total. The first-order valence-corrected chi connectivity index (χ1v) is 10.4. The SMILES string of the molecule is O=C(Nc1ccc(S(=O)(=O)NC2=NCCCCC2)cc1)c1ccc(Br)o1. The summed E-state index contributed by atoms with van der Waals surface area (Å²) in [6.45, 7) is 0.645. The quantitative estimate of drug-likeness (QED) is 0.760. The summed E-state index contributed by atoms with van der Waals surface area (Å²) in [4.78, 5) is 16.4. The van der Waals surface area contributed by atoms with Crippen molar-refractivity contribution in [2.24, 2.45) is 4.99 Å². The number of amidine groups is 1. The molecule has 0 bridgehead atoms. The number of hydrogen-bond acceptors (Lipinski definition) is 5. The van der Waals surface area contributed by atoms with Crippen LogP contribution in [0.15, 0.2) is 55.4 Å². The maximum absolute atomic E-state index is 12.5. The molecule has 0 fully saturated rings. The summed E-state index contributed by atoms with van der Waals surface area (Å²) < 4.78 is 33.1. The Bertz CT molecular complexity index is 920. The summed E-state index contributed by atoms with van der Waals surface area (Å²) in [5, 5.41) is 2.65. The molecule has 3 rings (SSSR count). The Morgan fingerprint density at radius 2 is 1.85 bits per heavy atom. The van der Waals surface area contributed by atoms with Crippen LogP contribution in [-0.2, 0) is 10.0 Å². The number of carbonyl (C=O) groups is 1. The highest BCUT2D eigenvalue weighted by atomic mass is 79.9. The van der Waals surface area contributed by atoms with Crippen molar-refractivity contribution in [3.05, 3.63) is 46.8 Å². The van der Waals surface area contributed by atoms with E-state index in [1.54, 1.807) is 6.07 Å². The van der Waals surface area contributed by atoms with E-state index >= 15 is 0 Å². The Labute approximate surface area is 160 Å². The lowest BCUT2D eigenvalue weighted by molar-refractivity contribution is 0.0995. The minimum Gasteiger partial charge on any atom is -0.444 e. The van der Waals surface area contributed by atoms with E-state index in [0.717, 1.165) is 19.3 Å². The van der Waals surface area contributed by atoms with Crippen LogP contribution in [-0.4, -0.2) is 26.7 Å². The van der Waals surface area contributed by atoms with Gasteiger partial charge in [-0.1, -0.05) is 6.42 Å². The van der Waals surface area contributed by atoms with Crippen molar-refractivity contribution in [1.82, 2.24) is 4.72 Å².